The molecule has 1 aromatic rings. The van der Waals surface area contributed by atoms with E-state index in [4.69, 9.17) is 14.2 Å². The molecule has 0 spiro atoms. The number of nitrogens with one attached hydrogen (secondary N) is 1. The van der Waals surface area contributed by atoms with Crippen molar-refractivity contribution >= 4 is 17.6 Å². The van der Waals surface area contributed by atoms with Gasteiger partial charge in [0.05, 0.1) is 7.11 Å². The van der Waals surface area contributed by atoms with Crippen LogP contribution in [0.2, 0.25) is 0 Å². The number of benzene rings is 1. The Morgan fingerprint density at radius 3 is 2.14 bits per heavy atom. The summed E-state index contributed by atoms with van der Waals surface area (Å²) in [6.45, 7) is 2.89. The minimum absolute atomic E-state index is 0.132. The molecule has 0 atom stereocenters. The molecule has 1 aromatic carbocycles. The fourth-order valence-corrected chi connectivity index (χ4v) is 1.72. The fraction of sp³-hybridized carbons (Fsp3) is 0.286. The highest BCUT2D eigenvalue weighted by Crippen LogP contribution is 2.25. The van der Waals surface area contributed by atoms with Crippen molar-refractivity contribution in [3.63, 3.8) is 0 Å². The van der Waals surface area contributed by atoms with Crippen molar-refractivity contribution in [1.82, 2.24) is 0 Å². The van der Waals surface area contributed by atoms with Crippen LogP contribution in [0.3, 0.4) is 0 Å². The lowest BCUT2D eigenvalue weighted by atomic mass is 10.2. The second-order valence-corrected chi connectivity index (χ2v) is 4.72. The Morgan fingerprint density at radius 1 is 1.14 bits per heavy atom. The van der Waals surface area contributed by atoms with Crippen LogP contribution in [0.5, 0.6) is 0 Å². The van der Waals surface area contributed by atoms with Crippen LogP contribution in [0.1, 0.15) is 13.8 Å². The predicted octanol–water partition coefficient (Wildman–Crippen LogP) is 1.93. The Labute approximate surface area is 120 Å². The number of carbonyl (C=O) groups excluding carboxylic acids is 2. The number of hydrogen-bond acceptors (Lipinski definition) is 6. The summed E-state index contributed by atoms with van der Waals surface area (Å²) in [5.74, 6) is -3.59. The zero-order valence-corrected chi connectivity index (χ0v) is 11.7. The normalized spacial score (nSPS) is 16.9. The lowest BCUT2D eigenvalue weighted by molar-refractivity contribution is -0.222. The third-order valence-electron chi connectivity index (χ3n) is 2.62. The summed E-state index contributed by atoms with van der Waals surface area (Å²) >= 11 is 0. The molecule has 1 aliphatic heterocycles. The van der Waals surface area contributed by atoms with Crippen LogP contribution in [-0.4, -0.2) is 24.8 Å². The predicted molar refractivity (Wildman–Crippen MR) is 70.3 cm³/mol. The van der Waals surface area contributed by atoms with Crippen molar-refractivity contribution in [3.05, 3.63) is 41.5 Å². The Balaban J connectivity index is 2.32. The monoisotopic (exact) mass is 295 g/mol. The van der Waals surface area contributed by atoms with Gasteiger partial charge in [0.25, 0.3) is 5.79 Å². The molecule has 0 amide bonds. The zero-order chi connectivity index (χ0) is 15.6. The van der Waals surface area contributed by atoms with Gasteiger partial charge in [0, 0.05) is 19.5 Å². The summed E-state index contributed by atoms with van der Waals surface area (Å²) in [5, 5.41) is 2.70. The minimum atomic E-state index is -1.33. The maximum Gasteiger partial charge on any atom is 0.354 e. The first kappa shape index (κ1) is 14.8. The van der Waals surface area contributed by atoms with Gasteiger partial charge in [0.15, 0.2) is 0 Å². The van der Waals surface area contributed by atoms with E-state index >= 15 is 0 Å². The Bertz CT molecular complexity index is 584. The number of halogens is 1. The summed E-state index contributed by atoms with van der Waals surface area (Å²) in [7, 11) is 1.28. The van der Waals surface area contributed by atoms with Crippen molar-refractivity contribution in [2.75, 3.05) is 12.4 Å². The minimum Gasteiger partial charge on any atom is -0.481 e. The highest BCUT2D eigenvalue weighted by Gasteiger charge is 2.41. The average Bonchev–Trinajstić information content (AvgIpc) is 2.37. The van der Waals surface area contributed by atoms with Crippen LogP contribution in [0, 0.1) is 5.82 Å². The molecule has 2 rings (SSSR count). The van der Waals surface area contributed by atoms with Crippen molar-refractivity contribution in [2.45, 2.75) is 19.6 Å². The summed E-state index contributed by atoms with van der Waals surface area (Å²) < 4.78 is 27.8. The quantitative estimate of drug-likeness (QED) is 0.397. The fourth-order valence-electron chi connectivity index (χ4n) is 1.72. The summed E-state index contributed by atoms with van der Waals surface area (Å²) in [4.78, 5) is 23.8. The van der Waals surface area contributed by atoms with E-state index in [2.05, 4.69) is 5.32 Å². The van der Waals surface area contributed by atoms with Gasteiger partial charge < -0.3 is 19.5 Å². The molecule has 0 aliphatic carbocycles. The molecule has 1 aliphatic rings. The van der Waals surface area contributed by atoms with Gasteiger partial charge in [-0.2, -0.15) is 0 Å². The van der Waals surface area contributed by atoms with Gasteiger partial charge in [-0.15, -0.1) is 0 Å². The Hall–Kier alpha value is -2.57. The first-order chi connectivity index (χ1) is 9.82. The summed E-state index contributed by atoms with van der Waals surface area (Å²) in [5.41, 5.74) is 0.0485. The van der Waals surface area contributed by atoms with Crippen molar-refractivity contribution in [3.8, 4) is 0 Å². The van der Waals surface area contributed by atoms with Gasteiger partial charge >= 0.3 is 11.9 Å². The number of esters is 2. The number of methoxy groups -OCH3 is 1. The van der Waals surface area contributed by atoms with Gasteiger partial charge in [0.2, 0.25) is 11.5 Å². The number of ether oxygens (including phenoxy) is 3. The van der Waals surface area contributed by atoms with E-state index in [9.17, 15) is 14.0 Å². The molecular weight excluding hydrogens is 281 g/mol. The van der Waals surface area contributed by atoms with Crippen LogP contribution in [-0.2, 0) is 23.8 Å². The molecule has 0 unspecified atom stereocenters. The topological polar surface area (TPSA) is 73.9 Å². The number of hydrogen-bond donors (Lipinski definition) is 1. The van der Waals surface area contributed by atoms with Gasteiger partial charge in [-0.05, 0) is 24.3 Å². The number of cyclic esters (lactones) is 2. The largest absolute Gasteiger partial charge is 0.481 e. The highest BCUT2D eigenvalue weighted by molar-refractivity contribution is 6.16. The van der Waals surface area contributed by atoms with E-state index in [0.29, 0.717) is 5.69 Å². The smallest absolute Gasteiger partial charge is 0.354 e. The summed E-state index contributed by atoms with van der Waals surface area (Å²) in [6.07, 6.45) is 0. The average molecular weight is 295 g/mol. The second-order valence-electron chi connectivity index (χ2n) is 4.72. The molecule has 21 heavy (non-hydrogen) atoms. The lowest BCUT2D eigenvalue weighted by Crippen LogP contribution is -2.43. The molecule has 0 radical (unpaired) electrons. The second kappa shape index (κ2) is 5.43. The van der Waals surface area contributed by atoms with Crippen LogP contribution in [0.25, 0.3) is 0 Å². The Kier molecular flexibility index (Phi) is 3.84. The highest BCUT2D eigenvalue weighted by atomic mass is 19.1. The van der Waals surface area contributed by atoms with Crippen LogP contribution in [0.4, 0.5) is 10.1 Å². The van der Waals surface area contributed by atoms with E-state index in [1.54, 1.807) is 0 Å². The number of rotatable bonds is 3. The molecule has 6 nitrogen and oxygen atoms in total. The number of carbonyl (C=O) groups is 2. The standard InChI is InChI=1S/C14H14FNO5/c1-14(2)20-12(17)10(13(18)21-14)11(19-3)16-9-6-4-8(15)5-7-9/h4-7,16H,1-3H3. The first-order valence-electron chi connectivity index (χ1n) is 6.10. The van der Waals surface area contributed by atoms with Gasteiger partial charge in [-0.3, -0.25) is 0 Å². The maximum absolute atomic E-state index is 12.9. The van der Waals surface area contributed by atoms with E-state index in [-0.39, 0.29) is 11.5 Å². The van der Waals surface area contributed by atoms with Crippen LogP contribution in [0.15, 0.2) is 35.7 Å². The summed E-state index contributed by atoms with van der Waals surface area (Å²) in [6, 6.07) is 5.30. The third-order valence-corrected chi connectivity index (χ3v) is 2.62. The lowest BCUT2D eigenvalue weighted by Gasteiger charge is -2.30. The SMILES string of the molecule is COC(Nc1ccc(F)cc1)=C1C(=O)OC(C)(C)OC1=O. The molecule has 1 heterocycles. The third kappa shape index (κ3) is 3.31. The molecule has 0 saturated carbocycles. The van der Waals surface area contributed by atoms with Gasteiger partial charge in [0.1, 0.15) is 5.82 Å². The van der Waals surface area contributed by atoms with E-state index in [1.807, 2.05) is 0 Å². The molecule has 1 fully saturated rings. The molecule has 0 aromatic heterocycles. The van der Waals surface area contributed by atoms with Crippen LogP contribution >= 0.6 is 0 Å². The van der Waals surface area contributed by atoms with Gasteiger partial charge in [-0.1, -0.05) is 0 Å². The van der Waals surface area contributed by atoms with E-state index < -0.39 is 23.5 Å². The van der Waals surface area contributed by atoms with Crippen LogP contribution < -0.4 is 5.32 Å². The molecule has 7 heteroatoms. The van der Waals surface area contributed by atoms with Crippen molar-refractivity contribution in [1.29, 1.82) is 0 Å². The van der Waals surface area contributed by atoms with E-state index in [0.717, 1.165) is 0 Å². The van der Waals surface area contributed by atoms with Crippen molar-refractivity contribution < 1.29 is 28.2 Å². The first-order valence-corrected chi connectivity index (χ1v) is 6.10. The van der Waals surface area contributed by atoms with Gasteiger partial charge in [-0.25, -0.2) is 14.0 Å². The molecule has 1 saturated heterocycles. The maximum atomic E-state index is 12.9. The molecule has 0 bridgehead atoms. The van der Waals surface area contributed by atoms with Crippen molar-refractivity contribution in [2.24, 2.45) is 0 Å². The molecule has 1 N–H and O–H groups in total. The molecular formula is C14H14FNO5. The van der Waals surface area contributed by atoms with E-state index in [1.165, 1.54) is 45.2 Å². The Morgan fingerprint density at radius 2 is 1.67 bits per heavy atom. The zero-order valence-electron chi connectivity index (χ0n) is 11.7. The number of anilines is 1. The molecule has 112 valence electrons.